The molecule has 0 aliphatic rings. The molecule has 0 bridgehead atoms. The number of hydrogen-bond donors (Lipinski definition) is 2. The fourth-order valence-corrected chi connectivity index (χ4v) is 1.65. The monoisotopic (exact) mass is 195 g/mol. The van der Waals surface area contributed by atoms with E-state index in [0.717, 1.165) is 18.5 Å². The fraction of sp³-hybridized carbons (Fsp3) is 0.667. The lowest BCUT2D eigenvalue weighted by Crippen LogP contribution is -1.97. The first-order valence-corrected chi connectivity index (χ1v) is 5.66. The number of rotatable bonds is 7. The van der Waals surface area contributed by atoms with Crippen molar-refractivity contribution in [2.24, 2.45) is 0 Å². The third kappa shape index (κ3) is 3.97. The van der Waals surface area contributed by atoms with Crippen LogP contribution in [0.1, 0.15) is 57.2 Å². The molecule has 2 heteroatoms. The average Bonchev–Trinajstić information content (AvgIpc) is 2.70. The predicted molar refractivity (Wildman–Crippen MR) is 59.1 cm³/mol. The zero-order chi connectivity index (χ0) is 10.2. The SMILES string of the molecule is CCCCCCCC(O)c1ccc[nH]1. The van der Waals surface area contributed by atoms with Gasteiger partial charge in [0.1, 0.15) is 0 Å². The van der Waals surface area contributed by atoms with E-state index in [9.17, 15) is 5.11 Å². The van der Waals surface area contributed by atoms with Crippen molar-refractivity contribution in [3.63, 3.8) is 0 Å². The summed E-state index contributed by atoms with van der Waals surface area (Å²) in [5.74, 6) is 0. The van der Waals surface area contributed by atoms with Gasteiger partial charge in [-0.05, 0) is 18.6 Å². The van der Waals surface area contributed by atoms with Crippen molar-refractivity contribution in [2.75, 3.05) is 0 Å². The molecule has 0 aromatic carbocycles. The maximum atomic E-state index is 9.73. The second kappa shape index (κ2) is 6.66. The second-order valence-electron chi connectivity index (χ2n) is 3.84. The van der Waals surface area contributed by atoms with Crippen LogP contribution < -0.4 is 0 Å². The van der Waals surface area contributed by atoms with Crippen molar-refractivity contribution in [3.05, 3.63) is 24.0 Å². The third-order valence-electron chi connectivity index (χ3n) is 2.56. The fourth-order valence-electron chi connectivity index (χ4n) is 1.65. The van der Waals surface area contributed by atoms with Crippen LogP contribution in [-0.4, -0.2) is 10.1 Å². The smallest absolute Gasteiger partial charge is 0.0937 e. The van der Waals surface area contributed by atoms with E-state index in [-0.39, 0.29) is 6.10 Å². The van der Waals surface area contributed by atoms with Gasteiger partial charge in [0.05, 0.1) is 6.10 Å². The van der Waals surface area contributed by atoms with Crippen molar-refractivity contribution in [2.45, 2.75) is 51.6 Å². The highest BCUT2D eigenvalue weighted by Crippen LogP contribution is 2.18. The summed E-state index contributed by atoms with van der Waals surface area (Å²) < 4.78 is 0. The van der Waals surface area contributed by atoms with Crippen molar-refractivity contribution >= 4 is 0 Å². The van der Waals surface area contributed by atoms with Gasteiger partial charge in [0.15, 0.2) is 0 Å². The van der Waals surface area contributed by atoms with E-state index in [2.05, 4.69) is 11.9 Å². The summed E-state index contributed by atoms with van der Waals surface area (Å²) in [5.41, 5.74) is 0.945. The lowest BCUT2D eigenvalue weighted by Gasteiger charge is -2.07. The second-order valence-corrected chi connectivity index (χ2v) is 3.84. The summed E-state index contributed by atoms with van der Waals surface area (Å²) in [6, 6.07) is 3.87. The van der Waals surface area contributed by atoms with Crippen LogP contribution in [-0.2, 0) is 0 Å². The Morgan fingerprint density at radius 3 is 2.71 bits per heavy atom. The first kappa shape index (κ1) is 11.3. The third-order valence-corrected chi connectivity index (χ3v) is 2.56. The summed E-state index contributed by atoms with van der Waals surface area (Å²) in [4.78, 5) is 3.04. The number of aliphatic hydroxyl groups is 1. The zero-order valence-electron chi connectivity index (χ0n) is 9.00. The standard InChI is InChI=1S/C12H21NO/c1-2-3-4-5-6-9-12(14)11-8-7-10-13-11/h7-8,10,12-14H,2-6,9H2,1H3. The van der Waals surface area contributed by atoms with Gasteiger partial charge < -0.3 is 10.1 Å². The largest absolute Gasteiger partial charge is 0.387 e. The normalized spacial score (nSPS) is 13.0. The van der Waals surface area contributed by atoms with E-state index in [4.69, 9.17) is 0 Å². The highest BCUT2D eigenvalue weighted by molar-refractivity contribution is 5.06. The molecule has 0 saturated heterocycles. The molecule has 1 atom stereocenters. The topological polar surface area (TPSA) is 36.0 Å². The first-order valence-electron chi connectivity index (χ1n) is 5.66. The molecule has 2 nitrogen and oxygen atoms in total. The molecular weight excluding hydrogens is 174 g/mol. The molecule has 2 N–H and O–H groups in total. The van der Waals surface area contributed by atoms with Crippen LogP contribution in [0.2, 0.25) is 0 Å². The predicted octanol–water partition coefficient (Wildman–Crippen LogP) is 3.41. The Hall–Kier alpha value is -0.760. The molecule has 1 aromatic rings. The molecule has 1 rings (SSSR count). The maximum Gasteiger partial charge on any atom is 0.0937 e. The van der Waals surface area contributed by atoms with Gasteiger partial charge in [-0.1, -0.05) is 39.0 Å². The molecule has 14 heavy (non-hydrogen) atoms. The summed E-state index contributed by atoms with van der Waals surface area (Å²) in [5, 5.41) is 9.73. The van der Waals surface area contributed by atoms with Crippen LogP contribution in [0.15, 0.2) is 18.3 Å². The van der Waals surface area contributed by atoms with Gasteiger partial charge in [-0.3, -0.25) is 0 Å². The first-order chi connectivity index (χ1) is 6.84. The van der Waals surface area contributed by atoms with Crippen LogP contribution in [0, 0.1) is 0 Å². The van der Waals surface area contributed by atoms with Crippen LogP contribution in [0.3, 0.4) is 0 Å². The molecule has 0 radical (unpaired) electrons. The highest BCUT2D eigenvalue weighted by atomic mass is 16.3. The minimum Gasteiger partial charge on any atom is -0.387 e. The summed E-state index contributed by atoms with van der Waals surface area (Å²) in [7, 11) is 0. The Kier molecular flexibility index (Phi) is 5.38. The molecule has 0 spiro atoms. The van der Waals surface area contributed by atoms with Gasteiger partial charge in [0.2, 0.25) is 0 Å². The number of nitrogens with one attached hydrogen (secondary N) is 1. The Labute approximate surface area is 86.4 Å². The van der Waals surface area contributed by atoms with E-state index in [1.165, 1.54) is 25.7 Å². The van der Waals surface area contributed by atoms with Crippen molar-refractivity contribution in [3.8, 4) is 0 Å². The van der Waals surface area contributed by atoms with Gasteiger partial charge in [0, 0.05) is 11.9 Å². The quantitative estimate of drug-likeness (QED) is 0.643. The van der Waals surface area contributed by atoms with Gasteiger partial charge in [-0.2, -0.15) is 0 Å². The van der Waals surface area contributed by atoms with Crippen molar-refractivity contribution in [1.29, 1.82) is 0 Å². The van der Waals surface area contributed by atoms with Crippen LogP contribution in [0.4, 0.5) is 0 Å². The minimum atomic E-state index is -0.299. The maximum absolute atomic E-state index is 9.73. The molecule has 0 aliphatic carbocycles. The van der Waals surface area contributed by atoms with Gasteiger partial charge in [0.25, 0.3) is 0 Å². The van der Waals surface area contributed by atoms with Gasteiger partial charge in [-0.25, -0.2) is 0 Å². The van der Waals surface area contributed by atoms with E-state index < -0.39 is 0 Å². The Morgan fingerprint density at radius 2 is 2.07 bits per heavy atom. The van der Waals surface area contributed by atoms with Crippen LogP contribution in [0.25, 0.3) is 0 Å². The lowest BCUT2D eigenvalue weighted by molar-refractivity contribution is 0.159. The highest BCUT2D eigenvalue weighted by Gasteiger charge is 2.06. The molecular formula is C12H21NO. The number of aromatic amines is 1. The molecule has 0 fully saturated rings. The number of H-pyrrole nitrogens is 1. The summed E-state index contributed by atoms with van der Waals surface area (Å²) in [6.07, 6.45) is 8.70. The van der Waals surface area contributed by atoms with E-state index in [1.54, 1.807) is 0 Å². The number of aromatic nitrogens is 1. The molecule has 80 valence electrons. The Bertz CT molecular complexity index is 218. The van der Waals surface area contributed by atoms with Gasteiger partial charge in [-0.15, -0.1) is 0 Å². The van der Waals surface area contributed by atoms with Crippen LogP contribution in [0.5, 0.6) is 0 Å². The number of aliphatic hydroxyl groups excluding tert-OH is 1. The average molecular weight is 195 g/mol. The number of unbranched alkanes of at least 4 members (excludes halogenated alkanes) is 4. The van der Waals surface area contributed by atoms with E-state index in [1.807, 2.05) is 18.3 Å². The summed E-state index contributed by atoms with van der Waals surface area (Å²) >= 11 is 0. The van der Waals surface area contributed by atoms with E-state index >= 15 is 0 Å². The molecule has 1 aromatic heterocycles. The molecule has 0 amide bonds. The van der Waals surface area contributed by atoms with Crippen LogP contribution >= 0.6 is 0 Å². The lowest BCUT2D eigenvalue weighted by atomic mass is 10.1. The molecule has 0 saturated carbocycles. The van der Waals surface area contributed by atoms with Gasteiger partial charge >= 0.3 is 0 Å². The van der Waals surface area contributed by atoms with Crippen molar-refractivity contribution < 1.29 is 5.11 Å². The molecule has 1 unspecified atom stereocenters. The number of hydrogen-bond acceptors (Lipinski definition) is 1. The molecule has 0 aliphatic heterocycles. The minimum absolute atomic E-state index is 0.299. The molecule has 1 heterocycles. The zero-order valence-corrected chi connectivity index (χ0v) is 9.00. The summed E-state index contributed by atoms with van der Waals surface area (Å²) in [6.45, 7) is 2.22. The van der Waals surface area contributed by atoms with Crippen molar-refractivity contribution in [1.82, 2.24) is 4.98 Å². The Balaban J connectivity index is 2.07. The van der Waals surface area contributed by atoms with E-state index in [0.29, 0.717) is 0 Å². The Morgan fingerprint density at radius 1 is 1.29 bits per heavy atom.